The van der Waals surface area contributed by atoms with Crippen LogP contribution < -0.4 is 0 Å². The van der Waals surface area contributed by atoms with Gasteiger partial charge >= 0.3 is 0 Å². The average molecular weight is 248 g/mol. The first-order chi connectivity index (χ1) is 8.22. The molecule has 1 unspecified atom stereocenters. The third kappa shape index (κ3) is 2.05. The van der Waals surface area contributed by atoms with Crippen molar-refractivity contribution in [1.82, 2.24) is 9.97 Å². The Morgan fingerprint density at radius 2 is 2.29 bits per heavy atom. The van der Waals surface area contributed by atoms with Crippen LogP contribution in [0.3, 0.4) is 0 Å². The summed E-state index contributed by atoms with van der Waals surface area (Å²) in [5.74, 6) is 0.345. The number of rotatable bonds is 2. The van der Waals surface area contributed by atoms with Crippen LogP contribution in [0.1, 0.15) is 29.2 Å². The maximum absolute atomic E-state index is 13.1. The van der Waals surface area contributed by atoms with Gasteiger partial charge in [-0.05, 0) is 60.7 Å². The Balaban J connectivity index is 1.86. The molecule has 1 aliphatic rings. The molecule has 0 spiro atoms. The lowest BCUT2D eigenvalue weighted by molar-refractivity contribution is 0.625. The van der Waals surface area contributed by atoms with E-state index in [2.05, 4.69) is 9.97 Å². The molecule has 1 aromatic carbocycles. The van der Waals surface area contributed by atoms with Gasteiger partial charge in [-0.2, -0.15) is 0 Å². The van der Waals surface area contributed by atoms with Crippen molar-refractivity contribution >= 4 is 12.2 Å². The van der Waals surface area contributed by atoms with Gasteiger partial charge in [-0.25, -0.2) is 4.39 Å². The van der Waals surface area contributed by atoms with Crippen molar-refractivity contribution in [2.75, 3.05) is 0 Å². The van der Waals surface area contributed by atoms with Crippen LogP contribution in [0.4, 0.5) is 4.39 Å². The highest BCUT2D eigenvalue weighted by Crippen LogP contribution is 2.35. The number of hydrogen-bond donors (Lipinski definition) is 2. The summed E-state index contributed by atoms with van der Waals surface area (Å²) in [4.78, 5) is 6.11. The number of halogens is 1. The number of aromatic nitrogens is 2. The van der Waals surface area contributed by atoms with Crippen LogP contribution in [-0.4, -0.2) is 9.97 Å². The molecule has 0 radical (unpaired) electrons. The Morgan fingerprint density at radius 3 is 3.06 bits per heavy atom. The maximum atomic E-state index is 13.1. The second-order valence-corrected chi connectivity index (χ2v) is 4.96. The second-order valence-electron chi connectivity index (χ2n) is 4.55. The van der Waals surface area contributed by atoms with Gasteiger partial charge in [0.1, 0.15) is 5.82 Å². The fraction of sp³-hybridized carbons (Fsp3) is 0.308. The molecule has 4 heteroatoms. The van der Waals surface area contributed by atoms with Crippen LogP contribution in [0, 0.1) is 10.6 Å². The van der Waals surface area contributed by atoms with E-state index in [9.17, 15) is 4.39 Å². The molecular weight excluding hydrogens is 235 g/mol. The number of benzene rings is 1. The van der Waals surface area contributed by atoms with Crippen molar-refractivity contribution in [3.05, 3.63) is 51.8 Å². The first kappa shape index (κ1) is 10.7. The van der Waals surface area contributed by atoms with E-state index in [1.54, 1.807) is 12.1 Å². The molecule has 1 aliphatic carbocycles. The molecule has 0 amide bonds. The second kappa shape index (κ2) is 4.11. The first-order valence-corrected chi connectivity index (χ1v) is 6.18. The molecule has 0 aliphatic heterocycles. The van der Waals surface area contributed by atoms with Crippen molar-refractivity contribution in [2.24, 2.45) is 0 Å². The van der Waals surface area contributed by atoms with E-state index in [0.29, 0.717) is 10.7 Å². The number of aryl methyl sites for hydroxylation is 1. The van der Waals surface area contributed by atoms with E-state index in [0.717, 1.165) is 30.5 Å². The van der Waals surface area contributed by atoms with Crippen molar-refractivity contribution < 1.29 is 4.39 Å². The molecule has 2 nitrogen and oxygen atoms in total. The molecule has 2 aromatic rings. The normalized spacial score (nSPS) is 18.3. The Hall–Kier alpha value is -1.42. The lowest BCUT2D eigenvalue weighted by Gasteiger charge is -2.09. The van der Waals surface area contributed by atoms with Crippen LogP contribution in [0.15, 0.2) is 24.4 Å². The number of nitrogens with one attached hydrogen (secondary N) is 2. The lowest BCUT2D eigenvalue weighted by Crippen LogP contribution is -1.99. The number of fused-ring (bicyclic) bond motifs is 1. The van der Waals surface area contributed by atoms with E-state index in [1.807, 2.05) is 12.3 Å². The minimum atomic E-state index is -0.134. The van der Waals surface area contributed by atoms with Gasteiger partial charge in [0.05, 0.1) is 0 Å². The maximum Gasteiger partial charge on any atom is 0.174 e. The molecule has 0 fully saturated rings. The van der Waals surface area contributed by atoms with E-state index in [4.69, 9.17) is 12.2 Å². The summed E-state index contributed by atoms with van der Waals surface area (Å²) in [5.41, 5.74) is 3.56. The average Bonchev–Trinajstić information content (AvgIpc) is 2.86. The summed E-state index contributed by atoms with van der Waals surface area (Å²) in [7, 11) is 0. The van der Waals surface area contributed by atoms with Gasteiger partial charge < -0.3 is 9.97 Å². The van der Waals surface area contributed by atoms with Gasteiger partial charge in [-0.3, -0.25) is 0 Å². The molecule has 88 valence electrons. The molecule has 0 saturated carbocycles. The van der Waals surface area contributed by atoms with Crippen LogP contribution in [0.25, 0.3) is 0 Å². The molecule has 1 heterocycles. The van der Waals surface area contributed by atoms with Gasteiger partial charge in [0.2, 0.25) is 0 Å². The van der Waals surface area contributed by atoms with Crippen LogP contribution >= 0.6 is 12.2 Å². The monoisotopic (exact) mass is 248 g/mol. The molecule has 0 saturated heterocycles. The fourth-order valence-corrected chi connectivity index (χ4v) is 2.82. The number of H-pyrrole nitrogens is 2. The SMILES string of the molecule is Fc1ccc2c(c1)CCC2Cc1c[nH]c(=S)[nH]1. The predicted molar refractivity (Wildman–Crippen MR) is 67.1 cm³/mol. The van der Waals surface area contributed by atoms with Gasteiger partial charge in [-0.1, -0.05) is 6.07 Å². The number of aromatic amines is 2. The van der Waals surface area contributed by atoms with Crippen LogP contribution in [0.2, 0.25) is 0 Å². The quantitative estimate of drug-likeness (QED) is 0.783. The highest BCUT2D eigenvalue weighted by molar-refractivity contribution is 7.71. The first-order valence-electron chi connectivity index (χ1n) is 5.77. The number of imidazole rings is 1. The van der Waals surface area contributed by atoms with E-state index in [-0.39, 0.29) is 5.82 Å². The Labute approximate surface area is 104 Å². The van der Waals surface area contributed by atoms with Crippen molar-refractivity contribution in [3.8, 4) is 0 Å². The lowest BCUT2D eigenvalue weighted by atomic mass is 9.96. The van der Waals surface area contributed by atoms with Gasteiger partial charge in [-0.15, -0.1) is 0 Å². The highest BCUT2D eigenvalue weighted by Gasteiger charge is 2.23. The summed E-state index contributed by atoms with van der Waals surface area (Å²) >= 11 is 5.01. The van der Waals surface area contributed by atoms with Crippen LogP contribution in [-0.2, 0) is 12.8 Å². The zero-order valence-corrected chi connectivity index (χ0v) is 10.1. The van der Waals surface area contributed by atoms with E-state index >= 15 is 0 Å². The van der Waals surface area contributed by atoms with Crippen LogP contribution in [0.5, 0.6) is 0 Å². The zero-order valence-electron chi connectivity index (χ0n) is 9.29. The number of hydrogen-bond acceptors (Lipinski definition) is 1. The molecule has 1 aromatic heterocycles. The highest BCUT2D eigenvalue weighted by atomic mass is 32.1. The summed E-state index contributed by atoms with van der Waals surface area (Å²) < 4.78 is 13.8. The topological polar surface area (TPSA) is 31.6 Å². The van der Waals surface area contributed by atoms with Crippen molar-refractivity contribution in [2.45, 2.75) is 25.2 Å². The minimum Gasteiger partial charge on any atom is -0.337 e. The zero-order chi connectivity index (χ0) is 11.8. The molecule has 3 rings (SSSR count). The third-order valence-corrected chi connectivity index (χ3v) is 3.64. The summed E-state index contributed by atoms with van der Waals surface area (Å²) in [6.07, 6.45) is 4.92. The molecule has 1 atom stereocenters. The van der Waals surface area contributed by atoms with Crippen molar-refractivity contribution in [1.29, 1.82) is 0 Å². The van der Waals surface area contributed by atoms with Gasteiger partial charge in [0.15, 0.2) is 4.77 Å². The smallest absolute Gasteiger partial charge is 0.174 e. The van der Waals surface area contributed by atoms with Gasteiger partial charge in [0, 0.05) is 11.9 Å². The standard InChI is InChI=1S/C13H13FN2S/c14-10-3-4-12-8(5-10)1-2-9(12)6-11-7-15-13(17)16-11/h3-5,7,9H,1-2,6H2,(H2,15,16,17). The largest absolute Gasteiger partial charge is 0.337 e. The molecule has 0 bridgehead atoms. The Morgan fingerprint density at radius 1 is 1.41 bits per heavy atom. The fourth-order valence-electron chi connectivity index (χ4n) is 2.63. The van der Waals surface area contributed by atoms with Gasteiger partial charge in [0.25, 0.3) is 0 Å². The third-order valence-electron chi connectivity index (χ3n) is 3.42. The summed E-state index contributed by atoms with van der Waals surface area (Å²) in [6, 6.07) is 5.13. The summed E-state index contributed by atoms with van der Waals surface area (Å²) in [6.45, 7) is 0. The molecular formula is C13H13FN2S. The van der Waals surface area contributed by atoms with E-state index < -0.39 is 0 Å². The predicted octanol–water partition coefficient (Wildman–Crippen LogP) is 3.48. The molecule has 2 N–H and O–H groups in total. The minimum absolute atomic E-state index is 0.134. The van der Waals surface area contributed by atoms with Crippen molar-refractivity contribution in [3.63, 3.8) is 0 Å². The Bertz CT molecular complexity index is 599. The summed E-state index contributed by atoms with van der Waals surface area (Å²) in [5, 5.41) is 0. The van der Waals surface area contributed by atoms with E-state index in [1.165, 1.54) is 5.56 Å². The Kier molecular flexibility index (Phi) is 2.59. The molecule has 17 heavy (non-hydrogen) atoms.